The molecule has 1 aliphatic rings. The molecule has 124 valence electrons. The van der Waals surface area contributed by atoms with Crippen LogP contribution in [0.1, 0.15) is 35.8 Å². The first-order chi connectivity index (χ1) is 10.8. The molecule has 23 heavy (non-hydrogen) atoms. The number of hydrogen-bond donors (Lipinski definition) is 2. The standard InChI is InChI=1S/C14H17N3O5S/c1-3-9-10(15-4-2)12(18)11(14(19)20)16-13(9)17-7-5-6-8-23(17,21)22/h3-4,18H,1,5-8H2,2H3,(H,19,20). The summed E-state index contributed by atoms with van der Waals surface area (Å²) in [7, 11) is -3.60. The van der Waals surface area contributed by atoms with Crippen LogP contribution in [0.15, 0.2) is 11.6 Å². The van der Waals surface area contributed by atoms with Gasteiger partial charge in [0.2, 0.25) is 10.0 Å². The van der Waals surface area contributed by atoms with Gasteiger partial charge in [0.15, 0.2) is 17.3 Å². The molecule has 0 amide bonds. The average Bonchev–Trinajstić information content (AvgIpc) is 2.48. The SMILES string of the molecule is C=Cc1c(N2CCCCS2(=O)=O)nc(C(=O)O)c(O)c1N=CC. The highest BCUT2D eigenvalue weighted by Gasteiger charge is 2.32. The summed E-state index contributed by atoms with van der Waals surface area (Å²) in [6, 6.07) is 0. The molecule has 0 bridgehead atoms. The van der Waals surface area contributed by atoms with Crippen LogP contribution in [0.3, 0.4) is 0 Å². The predicted molar refractivity (Wildman–Crippen MR) is 87.1 cm³/mol. The number of aromatic hydroxyl groups is 1. The Hall–Kier alpha value is -2.42. The summed E-state index contributed by atoms with van der Waals surface area (Å²) in [6.45, 7) is 5.38. The number of sulfonamides is 1. The summed E-state index contributed by atoms with van der Waals surface area (Å²) in [6.07, 6.45) is 3.83. The molecule has 0 unspecified atom stereocenters. The highest BCUT2D eigenvalue weighted by Crippen LogP contribution is 2.40. The highest BCUT2D eigenvalue weighted by atomic mass is 32.2. The number of aromatic carboxylic acids is 1. The van der Waals surface area contributed by atoms with E-state index in [1.165, 1.54) is 12.3 Å². The normalized spacial score (nSPS) is 17.3. The van der Waals surface area contributed by atoms with Crippen LogP contribution in [0, 0.1) is 0 Å². The quantitative estimate of drug-likeness (QED) is 0.807. The van der Waals surface area contributed by atoms with Crippen LogP contribution in [0.25, 0.3) is 6.08 Å². The summed E-state index contributed by atoms with van der Waals surface area (Å²) in [5.41, 5.74) is -0.534. The number of aliphatic imine (C=N–C) groups is 1. The molecule has 9 heteroatoms. The molecule has 1 saturated heterocycles. The Balaban J connectivity index is 2.81. The number of carbonyl (C=O) groups is 1. The van der Waals surface area contributed by atoms with Crippen molar-refractivity contribution in [1.82, 2.24) is 4.98 Å². The summed E-state index contributed by atoms with van der Waals surface area (Å²) in [5.74, 6) is -2.21. The van der Waals surface area contributed by atoms with E-state index < -0.39 is 27.4 Å². The average molecular weight is 339 g/mol. The maximum Gasteiger partial charge on any atom is 0.358 e. The molecule has 1 aliphatic heterocycles. The summed E-state index contributed by atoms with van der Waals surface area (Å²) in [4.78, 5) is 19.1. The second-order valence-corrected chi connectivity index (χ2v) is 6.90. The Morgan fingerprint density at radius 1 is 1.43 bits per heavy atom. The van der Waals surface area contributed by atoms with Gasteiger partial charge in [-0.3, -0.25) is 9.30 Å². The monoisotopic (exact) mass is 339 g/mol. The fraction of sp³-hybridized carbons (Fsp3) is 0.357. The van der Waals surface area contributed by atoms with Gasteiger partial charge in [0.05, 0.1) is 5.75 Å². The summed E-state index contributed by atoms with van der Waals surface area (Å²) < 4.78 is 25.6. The first-order valence-corrected chi connectivity index (χ1v) is 8.56. The van der Waals surface area contributed by atoms with Crippen LogP contribution in [-0.4, -0.2) is 48.1 Å². The van der Waals surface area contributed by atoms with Gasteiger partial charge in [0.1, 0.15) is 5.69 Å². The minimum absolute atomic E-state index is 0.0408. The van der Waals surface area contributed by atoms with Crippen molar-refractivity contribution in [1.29, 1.82) is 0 Å². The number of nitrogens with zero attached hydrogens (tertiary/aromatic N) is 3. The molecular formula is C14H17N3O5S. The maximum absolute atomic E-state index is 12.3. The highest BCUT2D eigenvalue weighted by molar-refractivity contribution is 7.92. The van der Waals surface area contributed by atoms with E-state index in [1.807, 2.05) is 0 Å². The third-order valence-electron chi connectivity index (χ3n) is 3.41. The Morgan fingerprint density at radius 3 is 2.65 bits per heavy atom. The third kappa shape index (κ3) is 3.04. The lowest BCUT2D eigenvalue weighted by Crippen LogP contribution is -2.39. The molecule has 0 radical (unpaired) electrons. The van der Waals surface area contributed by atoms with Crippen molar-refractivity contribution >= 4 is 39.8 Å². The van der Waals surface area contributed by atoms with Crippen molar-refractivity contribution in [2.24, 2.45) is 4.99 Å². The van der Waals surface area contributed by atoms with Gasteiger partial charge in [-0.1, -0.05) is 12.7 Å². The molecule has 0 atom stereocenters. The van der Waals surface area contributed by atoms with Crippen molar-refractivity contribution < 1.29 is 23.4 Å². The van der Waals surface area contributed by atoms with Crippen LogP contribution < -0.4 is 4.31 Å². The molecule has 0 spiro atoms. The Morgan fingerprint density at radius 2 is 2.13 bits per heavy atom. The Bertz CT molecular complexity index is 786. The van der Waals surface area contributed by atoms with Crippen LogP contribution in [0.2, 0.25) is 0 Å². The van der Waals surface area contributed by atoms with Crippen LogP contribution in [-0.2, 0) is 10.0 Å². The smallest absolute Gasteiger partial charge is 0.358 e. The largest absolute Gasteiger partial charge is 0.504 e. The van der Waals surface area contributed by atoms with Gasteiger partial charge in [-0.05, 0) is 19.8 Å². The number of anilines is 1. The molecule has 0 saturated carbocycles. The minimum Gasteiger partial charge on any atom is -0.504 e. The zero-order valence-electron chi connectivity index (χ0n) is 12.6. The zero-order valence-corrected chi connectivity index (χ0v) is 13.4. The predicted octanol–water partition coefficient (Wildman–Crippen LogP) is 1.78. The summed E-state index contributed by atoms with van der Waals surface area (Å²) >= 11 is 0. The van der Waals surface area contributed by atoms with E-state index in [2.05, 4.69) is 16.6 Å². The van der Waals surface area contributed by atoms with Crippen molar-refractivity contribution in [3.05, 3.63) is 17.8 Å². The van der Waals surface area contributed by atoms with Gasteiger partial charge in [-0.2, -0.15) is 0 Å². The summed E-state index contributed by atoms with van der Waals surface area (Å²) in [5, 5.41) is 19.3. The lowest BCUT2D eigenvalue weighted by molar-refractivity contribution is 0.0687. The van der Waals surface area contributed by atoms with Crippen molar-refractivity contribution in [2.45, 2.75) is 19.8 Å². The molecule has 2 rings (SSSR count). The van der Waals surface area contributed by atoms with Crippen molar-refractivity contribution in [3.8, 4) is 5.75 Å². The molecule has 8 nitrogen and oxygen atoms in total. The maximum atomic E-state index is 12.3. The van der Waals surface area contributed by atoms with E-state index in [4.69, 9.17) is 0 Å². The topological polar surface area (TPSA) is 120 Å². The number of pyridine rings is 1. The van der Waals surface area contributed by atoms with Crippen LogP contribution >= 0.6 is 0 Å². The molecule has 0 aromatic carbocycles. The first-order valence-electron chi connectivity index (χ1n) is 6.95. The van der Waals surface area contributed by atoms with Crippen molar-refractivity contribution in [2.75, 3.05) is 16.6 Å². The van der Waals surface area contributed by atoms with Crippen molar-refractivity contribution in [3.63, 3.8) is 0 Å². The lowest BCUT2D eigenvalue weighted by Gasteiger charge is -2.29. The molecule has 0 aliphatic carbocycles. The van der Waals surface area contributed by atoms with Gasteiger partial charge in [-0.25, -0.2) is 18.2 Å². The number of rotatable bonds is 4. The van der Waals surface area contributed by atoms with Gasteiger partial charge in [0.25, 0.3) is 0 Å². The van der Waals surface area contributed by atoms with E-state index >= 15 is 0 Å². The fourth-order valence-corrected chi connectivity index (χ4v) is 3.98. The van der Waals surface area contributed by atoms with Crippen LogP contribution in [0.5, 0.6) is 5.75 Å². The number of aromatic nitrogens is 1. The van der Waals surface area contributed by atoms with E-state index in [9.17, 15) is 23.4 Å². The van der Waals surface area contributed by atoms with Gasteiger partial charge in [-0.15, -0.1) is 0 Å². The van der Waals surface area contributed by atoms with Gasteiger partial charge < -0.3 is 10.2 Å². The zero-order chi connectivity index (χ0) is 17.2. The second-order valence-electron chi connectivity index (χ2n) is 4.89. The molecule has 1 aromatic rings. The van der Waals surface area contributed by atoms with E-state index in [1.54, 1.807) is 6.92 Å². The third-order valence-corrected chi connectivity index (χ3v) is 5.24. The van der Waals surface area contributed by atoms with E-state index in [0.29, 0.717) is 12.8 Å². The molecular weight excluding hydrogens is 322 g/mol. The Labute approximate surface area is 133 Å². The molecule has 1 aromatic heterocycles. The second kappa shape index (κ2) is 6.37. The van der Waals surface area contributed by atoms with E-state index in [-0.39, 0.29) is 29.4 Å². The van der Waals surface area contributed by atoms with Crippen LogP contribution in [0.4, 0.5) is 11.5 Å². The number of carboxylic acid groups (broad SMARTS) is 1. The minimum atomic E-state index is -3.60. The molecule has 2 heterocycles. The molecule has 2 N–H and O–H groups in total. The number of carboxylic acids is 1. The molecule has 1 fully saturated rings. The first kappa shape index (κ1) is 16.9. The number of hydrogen-bond acceptors (Lipinski definition) is 6. The van der Waals surface area contributed by atoms with Gasteiger partial charge in [0, 0.05) is 18.3 Å². The fourth-order valence-electron chi connectivity index (χ4n) is 2.38. The Kier molecular flexibility index (Phi) is 4.69. The lowest BCUT2D eigenvalue weighted by atomic mass is 10.1. The van der Waals surface area contributed by atoms with Gasteiger partial charge >= 0.3 is 5.97 Å². The van der Waals surface area contributed by atoms with E-state index in [0.717, 1.165) is 4.31 Å².